The molecule has 4 nitrogen and oxygen atoms in total. The van der Waals surface area contributed by atoms with Crippen molar-refractivity contribution in [2.45, 2.75) is 11.3 Å². The number of nitrogen functional groups attached to an aromatic ring is 1. The molecule has 3 N–H and O–H groups in total. The summed E-state index contributed by atoms with van der Waals surface area (Å²) in [5, 5.41) is 3.27. The van der Waals surface area contributed by atoms with E-state index >= 15 is 0 Å². The highest BCUT2D eigenvalue weighted by Gasteiger charge is 2.11. The first-order valence-corrected chi connectivity index (χ1v) is 8.73. The highest BCUT2D eigenvalue weighted by molar-refractivity contribution is 7.98. The van der Waals surface area contributed by atoms with E-state index in [1.165, 1.54) is 10.5 Å². The standard InChI is InChI=1S/C18H24N2O2S/c1-21-9-8-20-18-15(19)11-13(12-16(18)22-2)10-14-6-4-5-7-17(14)23-3/h4-7,11-12,20H,8-10,19H2,1-3H3. The molecule has 0 radical (unpaired) electrons. The summed E-state index contributed by atoms with van der Waals surface area (Å²) in [7, 11) is 3.34. The molecular formula is C18H24N2O2S. The van der Waals surface area contributed by atoms with Crippen molar-refractivity contribution in [3.05, 3.63) is 47.5 Å². The first-order chi connectivity index (χ1) is 11.2. The highest BCUT2D eigenvalue weighted by atomic mass is 32.2. The van der Waals surface area contributed by atoms with Crippen molar-refractivity contribution in [1.82, 2.24) is 0 Å². The molecule has 0 saturated carbocycles. The van der Waals surface area contributed by atoms with Crippen molar-refractivity contribution in [3.8, 4) is 5.75 Å². The average Bonchev–Trinajstić information content (AvgIpc) is 2.57. The van der Waals surface area contributed by atoms with Crippen LogP contribution in [0.1, 0.15) is 11.1 Å². The van der Waals surface area contributed by atoms with E-state index < -0.39 is 0 Å². The number of ether oxygens (including phenoxy) is 2. The summed E-state index contributed by atoms with van der Waals surface area (Å²) in [6.45, 7) is 1.30. The summed E-state index contributed by atoms with van der Waals surface area (Å²) in [4.78, 5) is 1.28. The Morgan fingerprint density at radius 1 is 1.17 bits per heavy atom. The lowest BCUT2D eigenvalue weighted by Gasteiger charge is -2.16. The number of thioether (sulfide) groups is 1. The minimum Gasteiger partial charge on any atom is -0.494 e. The zero-order valence-electron chi connectivity index (χ0n) is 13.9. The third-order valence-electron chi connectivity index (χ3n) is 3.61. The van der Waals surface area contributed by atoms with Crippen LogP contribution >= 0.6 is 11.8 Å². The first kappa shape index (κ1) is 17.5. The Balaban J connectivity index is 2.25. The average molecular weight is 332 g/mol. The van der Waals surface area contributed by atoms with Gasteiger partial charge in [-0.05, 0) is 42.0 Å². The van der Waals surface area contributed by atoms with Gasteiger partial charge in [-0.25, -0.2) is 0 Å². The zero-order chi connectivity index (χ0) is 16.7. The van der Waals surface area contributed by atoms with Crippen molar-refractivity contribution in [2.75, 3.05) is 44.7 Å². The number of hydrogen-bond acceptors (Lipinski definition) is 5. The van der Waals surface area contributed by atoms with Gasteiger partial charge in [0, 0.05) is 18.6 Å². The molecule has 0 heterocycles. The Morgan fingerprint density at radius 3 is 2.65 bits per heavy atom. The van der Waals surface area contributed by atoms with Crippen LogP contribution in [-0.4, -0.2) is 33.6 Å². The Bertz CT molecular complexity index is 647. The van der Waals surface area contributed by atoms with Gasteiger partial charge in [0.15, 0.2) is 0 Å². The zero-order valence-corrected chi connectivity index (χ0v) is 14.7. The molecule has 124 valence electrons. The molecular weight excluding hydrogens is 308 g/mol. The van der Waals surface area contributed by atoms with Gasteiger partial charge in [0.2, 0.25) is 0 Å². The molecule has 0 bridgehead atoms. The summed E-state index contributed by atoms with van der Waals surface area (Å²) >= 11 is 1.76. The molecule has 0 aliphatic heterocycles. The van der Waals surface area contributed by atoms with Crippen molar-refractivity contribution in [3.63, 3.8) is 0 Å². The minimum absolute atomic E-state index is 0.617. The summed E-state index contributed by atoms with van der Waals surface area (Å²) in [6.07, 6.45) is 2.92. The minimum atomic E-state index is 0.617. The third kappa shape index (κ3) is 4.56. The number of nitrogens with two attached hydrogens (primary N) is 1. The van der Waals surface area contributed by atoms with E-state index in [2.05, 4.69) is 35.8 Å². The van der Waals surface area contributed by atoms with E-state index in [0.717, 1.165) is 23.4 Å². The van der Waals surface area contributed by atoms with Crippen molar-refractivity contribution in [1.29, 1.82) is 0 Å². The summed E-state index contributed by atoms with van der Waals surface area (Å²) < 4.78 is 10.6. The van der Waals surface area contributed by atoms with E-state index in [9.17, 15) is 0 Å². The maximum Gasteiger partial charge on any atom is 0.144 e. The van der Waals surface area contributed by atoms with Crippen LogP contribution in [0.4, 0.5) is 11.4 Å². The Labute approximate surface area is 142 Å². The molecule has 2 aromatic rings. The quantitative estimate of drug-likeness (QED) is 0.439. The van der Waals surface area contributed by atoms with Gasteiger partial charge in [0.25, 0.3) is 0 Å². The van der Waals surface area contributed by atoms with E-state index in [1.807, 2.05) is 12.1 Å². The molecule has 0 unspecified atom stereocenters. The second-order valence-electron chi connectivity index (χ2n) is 5.17. The molecule has 0 aromatic heterocycles. The number of nitrogens with one attached hydrogen (secondary N) is 1. The molecule has 0 fully saturated rings. The maximum atomic E-state index is 6.22. The number of anilines is 2. The molecule has 0 saturated heterocycles. The predicted molar refractivity (Wildman–Crippen MR) is 98.8 cm³/mol. The highest BCUT2D eigenvalue weighted by Crippen LogP contribution is 2.34. The van der Waals surface area contributed by atoms with Crippen LogP contribution in [0.3, 0.4) is 0 Å². The lowest BCUT2D eigenvalue weighted by atomic mass is 10.0. The summed E-state index contributed by atoms with van der Waals surface area (Å²) in [5.41, 5.74) is 10.2. The largest absolute Gasteiger partial charge is 0.494 e. The number of hydrogen-bond donors (Lipinski definition) is 2. The van der Waals surface area contributed by atoms with E-state index in [1.54, 1.807) is 26.0 Å². The lowest BCUT2D eigenvalue weighted by molar-refractivity contribution is 0.210. The van der Waals surface area contributed by atoms with Crippen LogP contribution in [0.25, 0.3) is 0 Å². The SMILES string of the molecule is COCCNc1c(N)cc(Cc2ccccc2SC)cc1OC. The van der Waals surface area contributed by atoms with Gasteiger partial charge in [-0.3, -0.25) is 0 Å². The number of rotatable bonds is 8. The van der Waals surface area contributed by atoms with Crippen molar-refractivity contribution >= 4 is 23.1 Å². The second kappa shape index (κ2) is 8.70. The van der Waals surface area contributed by atoms with Crippen LogP contribution in [0.2, 0.25) is 0 Å². The molecule has 5 heteroatoms. The molecule has 2 aromatic carbocycles. The van der Waals surface area contributed by atoms with Gasteiger partial charge in [0.1, 0.15) is 11.4 Å². The lowest BCUT2D eigenvalue weighted by Crippen LogP contribution is -2.10. The number of benzene rings is 2. The fraction of sp³-hybridized carbons (Fsp3) is 0.333. The van der Waals surface area contributed by atoms with E-state index in [-0.39, 0.29) is 0 Å². The number of methoxy groups -OCH3 is 2. The topological polar surface area (TPSA) is 56.5 Å². The molecule has 0 atom stereocenters. The Morgan fingerprint density at radius 2 is 1.96 bits per heavy atom. The first-order valence-electron chi connectivity index (χ1n) is 7.50. The molecule has 0 aliphatic rings. The molecule has 0 aliphatic carbocycles. The van der Waals surface area contributed by atoms with Gasteiger partial charge < -0.3 is 20.5 Å². The van der Waals surface area contributed by atoms with Crippen molar-refractivity contribution in [2.24, 2.45) is 0 Å². The van der Waals surface area contributed by atoms with Crippen LogP contribution < -0.4 is 15.8 Å². The molecule has 23 heavy (non-hydrogen) atoms. The van der Waals surface area contributed by atoms with Gasteiger partial charge in [0.05, 0.1) is 19.4 Å². The van der Waals surface area contributed by atoms with Gasteiger partial charge >= 0.3 is 0 Å². The normalized spacial score (nSPS) is 10.6. The Kier molecular flexibility index (Phi) is 6.62. The van der Waals surface area contributed by atoms with E-state index in [4.69, 9.17) is 15.2 Å². The molecule has 2 rings (SSSR count). The summed E-state index contributed by atoms with van der Waals surface area (Å²) in [6, 6.07) is 12.5. The monoisotopic (exact) mass is 332 g/mol. The second-order valence-corrected chi connectivity index (χ2v) is 6.02. The smallest absolute Gasteiger partial charge is 0.144 e. The molecule has 0 spiro atoms. The molecule has 0 amide bonds. The van der Waals surface area contributed by atoms with Crippen LogP contribution in [0.15, 0.2) is 41.3 Å². The van der Waals surface area contributed by atoms with Gasteiger partial charge in [-0.1, -0.05) is 18.2 Å². The van der Waals surface area contributed by atoms with Gasteiger partial charge in [-0.15, -0.1) is 11.8 Å². The fourth-order valence-corrected chi connectivity index (χ4v) is 3.11. The van der Waals surface area contributed by atoms with Crippen LogP contribution in [-0.2, 0) is 11.2 Å². The fourth-order valence-electron chi connectivity index (χ4n) is 2.50. The Hall–Kier alpha value is -1.85. The maximum absolute atomic E-state index is 6.22. The summed E-state index contributed by atoms with van der Waals surface area (Å²) in [5.74, 6) is 0.762. The predicted octanol–water partition coefficient (Wildman–Crippen LogP) is 3.65. The van der Waals surface area contributed by atoms with Crippen LogP contribution in [0.5, 0.6) is 5.75 Å². The van der Waals surface area contributed by atoms with Crippen LogP contribution in [0, 0.1) is 0 Å². The van der Waals surface area contributed by atoms with E-state index in [0.29, 0.717) is 18.8 Å². The van der Waals surface area contributed by atoms with Crippen molar-refractivity contribution < 1.29 is 9.47 Å². The van der Waals surface area contributed by atoms with Gasteiger partial charge in [-0.2, -0.15) is 0 Å². The third-order valence-corrected chi connectivity index (χ3v) is 4.45.